The molecule has 6 nitrogen and oxygen atoms in total. The molecule has 0 aromatic carbocycles. The van der Waals surface area contributed by atoms with Crippen LogP contribution in [0.15, 0.2) is 0 Å². The Bertz CT molecular complexity index is 819. The fourth-order valence-corrected chi connectivity index (χ4v) is 8.58. The number of rotatable bonds is 49. The molecule has 1 atom stereocenters. The van der Waals surface area contributed by atoms with Gasteiger partial charge in [0.2, 0.25) is 0 Å². The van der Waals surface area contributed by atoms with Gasteiger partial charge in [0.05, 0.1) is 6.61 Å². The van der Waals surface area contributed by atoms with Gasteiger partial charge in [-0.05, 0) is 76.3 Å². The molecule has 0 amide bonds. The number of aldehydes is 1. The third-order valence-electron chi connectivity index (χ3n) is 13.0. The molecular formula is C55H111NO5. The van der Waals surface area contributed by atoms with Crippen LogP contribution in [0.1, 0.15) is 272 Å². The number of esters is 1. The lowest BCUT2D eigenvalue weighted by molar-refractivity contribution is -0.144. The first-order valence-electron chi connectivity index (χ1n) is 27.3. The highest BCUT2D eigenvalue weighted by molar-refractivity contribution is 5.69. The van der Waals surface area contributed by atoms with E-state index in [4.69, 9.17) is 14.2 Å². The monoisotopic (exact) mass is 866 g/mol. The summed E-state index contributed by atoms with van der Waals surface area (Å²) in [5.41, 5.74) is 0. The number of unbranched alkanes of at least 4 members (excludes halogenated alkanes) is 21. The molecule has 0 fully saturated rings. The summed E-state index contributed by atoms with van der Waals surface area (Å²) in [7, 11) is 4.00. The number of nitrogens with zero attached hydrogens (tertiary/aromatic N) is 1. The first kappa shape index (κ1) is 62.1. The molecule has 366 valence electrons. The second-order valence-corrected chi connectivity index (χ2v) is 18.9. The number of carbonyl (C=O) groups is 2. The molecule has 0 aromatic rings. The van der Waals surface area contributed by atoms with Gasteiger partial charge in [-0.25, -0.2) is 0 Å². The molecular weight excluding hydrogens is 755 g/mol. The Morgan fingerprint density at radius 3 is 1.33 bits per heavy atom. The zero-order valence-electron chi connectivity index (χ0n) is 42.7. The van der Waals surface area contributed by atoms with Crippen molar-refractivity contribution >= 4 is 12.3 Å². The van der Waals surface area contributed by atoms with Crippen molar-refractivity contribution in [3.63, 3.8) is 0 Å². The van der Waals surface area contributed by atoms with E-state index in [1.54, 1.807) is 0 Å². The summed E-state index contributed by atoms with van der Waals surface area (Å²) in [5.74, 6) is 2.36. The summed E-state index contributed by atoms with van der Waals surface area (Å²) < 4.78 is 17.0. The Hall–Kier alpha value is -0.980. The van der Waals surface area contributed by atoms with Gasteiger partial charge in [0, 0.05) is 46.3 Å². The zero-order chi connectivity index (χ0) is 45.1. The maximum Gasteiger partial charge on any atom is 0.305 e. The molecule has 0 aliphatic rings. The first-order valence-corrected chi connectivity index (χ1v) is 27.3. The molecule has 0 spiro atoms. The molecule has 0 rings (SSSR count). The fraction of sp³-hybridized carbons (Fsp3) is 0.964. The van der Waals surface area contributed by atoms with Gasteiger partial charge in [0.1, 0.15) is 6.29 Å². The van der Waals surface area contributed by atoms with Crippen molar-refractivity contribution in [1.82, 2.24) is 4.90 Å². The van der Waals surface area contributed by atoms with Crippen LogP contribution in [-0.2, 0) is 23.8 Å². The summed E-state index contributed by atoms with van der Waals surface area (Å²) in [6, 6.07) is 0. The number of methoxy groups -OCH3 is 1. The van der Waals surface area contributed by atoms with Crippen LogP contribution in [0.5, 0.6) is 0 Å². The lowest BCUT2D eigenvalue weighted by Gasteiger charge is -2.18. The Labute approximate surface area is 383 Å². The van der Waals surface area contributed by atoms with Gasteiger partial charge in [0.25, 0.3) is 0 Å². The Morgan fingerprint density at radius 1 is 0.475 bits per heavy atom. The molecule has 61 heavy (non-hydrogen) atoms. The Kier molecular flexibility index (Phi) is 54.3. The summed E-state index contributed by atoms with van der Waals surface area (Å²) in [6.07, 6.45) is 47.4. The number of hydrogen-bond acceptors (Lipinski definition) is 6. The Morgan fingerprint density at radius 2 is 0.885 bits per heavy atom. The third-order valence-corrected chi connectivity index (χ3v) is 13.0. The van der Waals surface area contributed by atoms with Crippen LogP contribution in [0, 0.1) is 17.8 Å². The van der Waals surface area contributed by atoms with Crippen molar-refractivity contribution in [1.29, 1.82) is 0 Å². The van der Waals surface area contributed by atoms with Crippen molar-refractivity contribution in [2.45, 2.75) is 272 Å². The van der Waals surface area contributed by atoms with E-state index in [-0.39, 0.29) is 5.97 Å². The predicted octanol–water partition coefficient (Wildman–Crippen LogP) is 16.7. The van der Waals surface area contributed by atoms with Crippen LogP contribution < -0.4 is 0 Å². The van der Waals surface area contributed by atoms with Crippen molar-refractivity contribution in [3.8, 4) is 0 Å². The van der Waals surface area contributed by atoms with Gasteiger partial charge in [-0.3, -0.25) is 4.79 Å². The van der Waals surface area contributed by atoms with Gasteiger partial charge in [0.15, 0.2) is 0 Å². The molecule has 0 heterocycles. The van der Waals surface area contributed by atoms with Crippen molar-refractivity contribution in [2.75, 3.05) is 53.7 Å². The Balaban J connectivity index is 0. The lowest BCUT2D eigenvalue weighted by Crippen LogP contribution is -2.20. The number of ether oxygens (including phenoxy) is 3. The molecule has 1 unspecified atom stereocenters. The van der Waals surface area contributed by atoms with Crippen molar-refractivity contribution < 1.29 is 23.8 Å². The van der Waals surface area contributed by atoms with E-state index in [9.17, 15) is 9.59 Å². The maximum atomic E-state index is 12.3. The number of hydrogen-bond donors (Lipinski definition) is 0. The molecule has 0 aliphatic heterocycles. The van der Waals surface area contributed by atoms with E-state index >= 15 is 0 Å². The topological polar surface area (TPSA) is 65.1 Å². The van der Waals surface area contributed by atoms with E-state index in [2.05, 4.69) is 46.6 Å². The molecule has 0 saturated carbocycles. The quantitative estimate of drug-likeness (QED) is 0.0345. The standard InChI is InChI=1S/C41H81NO4.C14H30O/c1-5-8-21-28-39(29-22-9-6-2)33-37-46-41(44)32-25-19-15-12-14-18-24-31-40(38-45-36-27-34-42(4)7-3)30-23-17-13-10-11-16-20-26-35-43;1-4-6-8-10-14(12-13-15-3)11-9-7-5-2/h35,39-40H,5-34,36-38H2,1-4H3;14H,4-13H2,1-3H3. The van der Waals surface area contributed by atoms with Crippen molar-refractivity contribution in [2.24, 2.45) is 17.8 Å². The van der Waals surface area contributed by atoms with Gasteiger partial charge in [-0.1, -0.05) is 214 Å². The third kappa shape index (κ3) is 49.9. The maximum absolute atomic E-state index is 12.3. The first-order chi connectivity index (χ1) is 29.9. The highest BCUT2D eigenvalue weighted by Gasteiger charge is 2.12. The van der Waals surface area contributed by atoms with Crippen LogP contribution in [0.25, 0.3) is 0 Å². The minimum absolute atomic E-state index is 0.0149. The molecule has 0 saturated heterocycles. The van der Waals surface area contributed by atoms with Crippen LogP contribution in [0.2, 0.25) is 0 Å². The minimum atomic E-state index is 0.0149. The molecule has 6 heteroatoms. The SMILES string of the molecule is CCCCCC(CCCCC)CCOC.CCCCCC(CCCCC)CCOC(=O)CCCCCCCCCC(CCCCCCCCCC=O)COCCCN(C)CC. The van der Waals surface area contributed by atoms with Crippen LogP contribution in [0.4, 0.5) is 0 Å². The van der Waals surface area contributed by atoms with Gasteiger partial charge >= 0.3 is 5.97 Å². The molecule has 0 aliphatic carbocycles. The average Bonchev–Trinajstić information content (AvgIpc) is 3.26. The second kappa shape index (κ2) is 53.4. The van der Waals surface area contributed by atoms with Gasteiger partial charge in [-0.2, -0.15) is 0 Å². The smallest absolute Gasteiger partial charge is 0.305 e. The normalized spacial score (nSPS) is 12.0. The predicted molar refractivity (Wildman–Crippen MR) is 267 cm³/mol. The highest BCUT2D eigenvalue weighted by atomic mass is 16.5. The van der Waals surface area contributed by atoms with Crippen LogP contribution in [-0.4, -0.2) is 70.8 Å². The van der Waals surface area contributed by atoms with E-state index < -0.39 is 0 Å². The highest BCUT2D eigenvalue weighted by Crippen LogP contribution is 2.23. The van der Waals surface area contributed by atoms with E-state index in [1.807, 2.05) is 7.11 Å². The van der Waals surface area contributed by atoms with Crippen molar-refractivity contribution in [3.05, 3.63) is 0 Å². The minimum Gasteiger partial charge on any atom is -0.466 e. The summed E-state index contributed by atoms with van der Waals surface area (Å²) in [5, 5.41) is 0. The van der Waals surface area contributed by atoms with Gasteiger partial charge < -0.3 is 23.9 Å². The summed E-state index contributed by atoms with van der Waals surface area (Å²) >= 11 is 0. The van der Waals surface area contributed by atoms with Crippen LogP contribution >= 0.6 is 0 Å². The number of carbonyl (C=O) groups excluding carboxylic acids is 2. The molecule has 0 bridgehead atoms. The summed E-state index contributed by atoms with van der Waals surface area (Å²) in [6.45, 7) is 16.9. The molecule has 0 radical (unpaired) electrons. The largest absolute Gasteiger partial charge is 0.466 e. The average molecular weight is 866 g/mol. The molecule has 0 aromatic heterocycles. The fourth-order valence-electron chi connectivity index (χ4n) is 8.58. The molecule has 0 N–H and O–H groups in total. The van der Waals surface area contributed by atoms with Gasteiger partial charge in [-0.15, -0.1) is 0 Å². The summed E-state index contributed by atoms with van der Waals surface area (Å²) in [4.78, 5) is 25.1. The van der Waals surface area contributed by atoms with E-state index in [0.717, 1.165) is 89.6 Å². The lowest BCUT2D eigenvalue weighted by atomic mass is 9.92. The van der Waals surface area contributed by atoms with E-state index in [0.29, 0.717) is 18.9 Å². The van der Waals surface area contributed by atoms with E-state index in [1.165, 1.54) is 193 Å². The second-order valence-electron chi connectivity index (χ2n) is 18.9. The zero-order valence-corrected chi connectivity index (χ0v) is 42.7. The van der Waals surface area contributed by atoms with Crippen LogP contribution in [0.3, 0.4) is 0 Å².